The van der Waals surface area contributed by atoms with E-state index in [1.54, 1.807) is 0 Å². The van der Waals surface area contributed by atoms with Crippen molar-refractivity contribution in [1.29, 1.82) is 0 Å². The van der Waals surface area contributed by atoms with Crippen molar-refractivity contribution >= 4 is 0 Å². The molecule has 0 bridgehead atoms. The molecule has 0 saturated heterocycles. The van der Waals surface area contributed by atoms with E-state index in [-0.39, 0.29) is 12.1 Å². The molecule has 0 aliphatic rings. The summed E-state index contributed by atoms with van der Waals surface area (Å²) in [5, 5.41) is 0. The first kappa shape index (κ1) is 14.6. The van der Waals surface area contributed by atoms with E-state index in [2.05, 4.69) is 44.2 Å². The number of hydrogen-bond donors (Lipinski definition) is 1. The van der Waals surface area contributed by atoms with Crippen LogP contribution in [-0.4, -0.2) is 6.10 Å². The molecule has 0 spiro atoms. The van der Waals surface area contributed by atoms with Gasteiger partial charge in [0.15, 0.2) is 0 Å². The minimum atomic E-state index is -0.124. The lowest BCUT2D eigenvalue weighted by Gasteiger charge is -2.22. The topological polar surface area (TPSA) is 35.2 Å². The van der Waals surface area contributed by atoms with Crippen molar-refractivity contribution in [3.8, 4) is 5.75 Å². The van der Waals surface area contributed by atoms with Gasteiger partial charge in [0.05, 0.1) is 6.04 Å². The second kappa shape index (κ2) is 6.58. The van der Waals surface area contributed by atoms with Crippen molar-refractivity contribution in [3.63, 3.8) is 0 Å². The number of benzene rings is 2. The molecule has 0 amide bonds. The van der Waals surface area contributed by atoms with Crippen LogP contribution in [0.2, 0.25) is 0 Å². The standard InChI is InChI=1S/C18H23NO/c1-4-15-8-10-16(11-9-15)18(19)14(3)20-17-7-5-6-13(2)12-17/h5-12,14,18H,4,19H2,1-3H3. The molecular formula is C18H23NO. The molecule has 2 heteroatoms. The molecule has 20 heavy (non-hydrogen) atoms. The highest BCUT2D eigenvalue weighted by Gasteiger charge is 2.16. The van der Waals surface area contributed by atoms with Crippen LogP contribution < -0.4 is 10.5 Å². The van der Waals surface area contributed by atoms with Gasteiger partial charge in [-0.15, -0.1) is 0 Å². The molecule has 0 radical (unpaired) electrons. The van der Waals surface area contributed by atoms with Crippen LogP contribution in [0, 0.1) is 6.92 Å². The second-order valence-electron chi connectivity index (χ2n) is 5.26. The summed E-state index contributed by atoms with van der Waals surface area (Å²) in [5.74, 6) is 0.873. The Kier molecular flexibility index (Phi) is 4.80. The lowest BCUT2D eigenvalue weighted by molar-refractivity contribution is 0.190. The van der Waals surface area contributed by atoms with Crippen LogP contribution in [0.3, 0.4) is 0 Å². The van der Waals surface area contributed by atoms with Gasteiger partial charge in [0.2, 0.25) is 0 Å². The number of aryl methyl sites for hydroxylation is 2. The average Bonchev–Trinajstić information content (AvgIpc) is 2.46. The zero-order valence-corrected chi connectivity index (χ0v) is 12.5. The molecule has 0 heterocycles. The number of ether oxygens (including phenoxy) is 1. The zero-order chi connectivity index (χ0) is 14.5. The van der Waals surface area contributed by atoms with E-state index in [1.165, 1.54) is 11.1 Å². The Bertz CT molecular complexity index is 548. The van der Waals surface area contributed by atoms with Crippen molar-refractivity contribution in [1.82, 2.24) is 0 Å². The van der Waals surface area contributed by atoms with Crippen molar-refractivity contribution in [2.45, 2.75) is 39.3 Å². The molecule has 2 N–H and O–H groups in total. The summed E-state index contributed by atoms with van der Waals surface area (Å²) in [4.78, 5) is 0. The SMILES string of the molecule is CCc1ccc(C(N)C(C)Oc2cccc(C)c2)cc1. The molecular weight excluding hydrogens is 246 g/mol. The lowest BCUT2D eigenvalue weighted by Crippen LogP contribution is -2.28. The first-order chi connectivity index (χ1) is 9.60. The molecule has 0 aliphatic heterocycles. The summed E-state index contributed by atoms with van der Waals surface area (Å²) in [6.07, 6.45) is 0.981. The summed E-state index contributed by atoms with van der Waals surface area (Å²) in [6.45, 7) is 6.22. The van der Waals surface area contributed by atoms with Gasteiger partial charge in [-0.25, -0.2) is 0 Å². The highest BCUT2D eigenvalue weighted by atomic mass is 16.5. The third kappa shape index (κ3) is 3.61. The van der Waals surface area contributed by atoms with E-state index < -0.39 is 0 Å². The van der Waals surface area contributed by atoms with Crippen molar-refractivity contribution < 1.29 is 4.74 Å². The Morgan fingerprint density at radius 3 is 2.40 bits per heavy atom. The number of hydrogen-bond acceptors (Lipinski definition) is 2. The number of rotatable bonds is 5. The molecule has 106 valence electrons. The quantitative estimate of drug-likeness (QED) is 0.889. The minimum absolute atomic E-state index is 0.0655. The Morgan fingerprint density at radius 1 is 1.10 bits per heavy atom. The fraction of sp³-hybridized carbons (Fsp3) is 0.333. The third-order valence-electron chi connectivity index (χ3n) is 3.59. The summed E-state index contributed by atoms with van der Waals surface area (Å²) < 4.78 is 5.94. The van der Waals surface area contributed by atoms with E-state index in [0.717, 1.165) is 17.7 Å². The van der Waals surface area contributed by atoms with Crippen molar-refractivity contribution in [2.24, 2.45) is 5.73 Å². The predicted molar refractivity (Wildman–Crippen MR) is 84.0 cm³/mol. The molecule has 2 rings (SSSR count). The molecule has 2 unspecified atom stereocenters. The molecule has 0 saturated carbocycles. The minimum Gasteiger partial charge on any atom is -0.489 e. The Balaban J connectivity index is 2.05. The van der Waals surface area contributed by atoms with Crippen LogP contribution in [0.1, 0.15) is 36.6 Å². The molecule has 2 aromatic rings. The van der Waals surface area contributed by atoms with Crippen molar-refractivity contribution in [2.75, 3.05) is 0 Å². The van der Waals surface area contributed by atoms with Crippen LogP contribution in [0.5, 0.6) is 5.75 Å². The normalized spacial score (nSPS) is 13.8. The van der Waals surface area contributed by atoms with E-state index in [4.69, 9.17) is 10.5 Å². The van der Waals surface area contributed by atoms with E-state index >= 15 is 0 Å². The van der Waals surface area contributed by atoms with Crippen LogP contribution in [0.25, 0.3) is 0 Å². The number of nitrogens with two attached hydrogens (primary N) is 1. The van der Waals surface area contributed by atoms with Crippen LogP contribution >= 0.6 is 0 Å². The molecule has 2 nitrogen and oxygen atoms in total. The summed E-state index contributed by atoms with van der Waals surface area (Å²) >= 11 is 0. The molecule has 2 aromatic carbocycles. The molecule has 2 atom stereocenters. The molecule has 0 aromatic heterocycles. The highest BCUT2D eigenvalue weighted by Crippen LogP contribution is 2.21. The molecule has 0 fully saturated rings. The summed E-state index contributed by atoms with van der Waals surface area (Å²) in [5.41, 5.74) is 9.92. The van der Waals surface area contributed by atoms with E-state index in [1.807, 2.05) is 25.1 Å². The summed E-state index contributed by atoms with van der Waals surface area (Å²) in [6, 6.07) is 16.4. The monoisotopic (exact) mass is 269 g/mol. The van der Waals surface area contributed by atoms with Crippen LogP contribution in [-0.2, 0) is 6.42 Å². The molecule has 0 aliphatic carbocycles. The third-order valence-corrected chi connectivity index (χ3v) is 3.59. The van der Waals surface area contributed by atoms with Gasteiger partial charge in [0.25, 0.3) is 0 Å². The average molecular weight is 269 g/mol. The van der Waals surface area contributed by atoms with Gasteiger partial charge < -0.3 is 10.5 Å². The van der Waals surface area contributed by atoms with E-state index in [9.17, 15) is 0 Å². The van der Waals surface area contributed by atoms with Crippen molar-refractivity contribution in [3.05, 3.63) is 65.2 Å². The van der Waals surface area contributed by atoms with Gasteiger partial charge >= 0.3 is 0 Å². The maximum absolute atomic E-state index is 6.29. The maximum atomic E-state index is 6.29. The van der Waals surface area contributed by atoms with Gasteiger partial charge in [-0.3, -0.25) is 0 Å². The van der Waals surface area contributed by atoms with Gasteiger partial charge in [0.1, 0.15) is 11.9 Å². The Labute approximate surface area is 121 Å². The van der Waals surface area contributed by atoms with Crippen LogP contribution in [0.15, 0.2) is 48.5 Å². The largest absolute Gasteiger partial charge is 0.489 e. The highest BCUT2D eigenvalue weighted by molar-refractivity contribution is 5.29. The van der Waals surface area contributed by atoms with Gasteiger partial charge in [0, 0.05) is 0 Å². The first-order valence-electron chi connectivity index (χ1n) is 7.18. The first-order valence-corrected chi connectivity index (χ1v) is 7.18. The van der Waals surface area contributed by atoms with Crippen LogP contribution in [0.4, 0.5) is 0 Å². The Morgan fingerprint density at radius 2 is 1.80 bits per heavy atom. The van der Waals surface area contributed by atoms with Gasteiger partial charge in [-0.2, -0.15) is 0 Å². The summed E-state index contributed by atoms with van der Waals surface area (Å²) in [7, 11) is 0. The fourth-order valence-corrected chi connectivity index (χ4v) is 2.22. The zero-order valence-electron chi connectivity index (χ0n) is 12.5. The second-order valence-corrected chi connectivity index (χ2v) is 5.26. The van der Waals surface area contributed by atoms with Gasteiger partial charge in [-0.05, 0) is 49.1 Å². The Hall–Kier alpha value is -1.80. The fourth-order valence-electron chi connectivity index (χ4n) is 2.22. The predicted octanol–water partition coefficient (Wildman–Crippen LogP) is 4.02. The van der Waals surface area contributed by atoms with E-state index in [0.29, 0.717) is 0 Å². The lowest BCUT2D eigenvalue weighted by atomic mass is 10.0. The van der Waals surface area contributed by atoms with Gasteiger partial charge in [-0.1, -0.05) is 43.3 Å². The maximum Gasteiger partial charge on any atom is 0.120 e. The smallest absolute Gasteiger partial charge is 0.120 e.